The average molecular weight is 272 g/mol. The molecule has 20 heavy (non-hydrogen) atoms. The molecule has 1 aromatic carbocycles. The summed E-state index contributed by atoms with van der Waals surface area (Å²) in [5.74, 6) is -1.30. The lowest BCUT2D eigenvalue weighted by Gasteiger charge is -2.41. The molecule has 4 fully saturated rings. The largest absolute Gasteiger partial charge is 0.515 e. The number of ketones is 1. The summed E-state index contributed by atoms with van der Waals surface area (Å²) in [6.45, 7) is 0. The predicted molar refractivity (Wildman–Crippen MR) is 66.0 cm³/mol. The molecule has 4 atom stereocenters. The Morgan fingerprint density at radius 2 is 2.10 bits per heavy atom. The maximum absolute atomic E-state index is 12.6. The van der Waals surface area contributed by atoms with Gasteiger partial charge >= 0.3 is 0 Å². The average Bonchev–Trinajstić information content (AvgIpc) is 2.81. The number of aliphatic hydroxyl groups excluding tert-OH is 1. The van der Waals surface area contributed by atoms with E-state index in [-0.39, 0.29) is 23.8 Å². The highest BCUT2D eigenvalue weighted by Crippen LogP contribution is 2.66. The van der Waals surface area contributed by atoms with Gasteiger partial charge in [0.05, 0.1) is 17.9 Å². The summed E-state index contributed by atoms with van der Waals surface area (Å²) in [6, 6.07) is 7.22. The molecule has 2 spiro atoms. The van der Waals surface area contributed by atoms with Gasteiger partial charge in [-0.3, -0.25) is 4.79 Å². The molecule has 1 N–H and O–H groups in total. The van der Waals surface area contributed by atoms with Gasteiger partial charge in [0.2, 0.25) is 5.79 Å². The molecule has 0 aromatic heterocycles. The van der Waals surface area contributed by atoms with E-state index in [1.807, 2.05) is 12.1 Å². The van der Waals surface area contributed by atoms with E-state index in [4.69, 9.17) is 14.2 Å². The van der Waals surface area contributed by atoms with Crippen LogP contribution in [0.1, 0.15) is 28.8 Å². The lowest BCUT2D eigenvalue weighted by atomic mass is 9.70. The molecule has 5 aliphatic rings. The molecule has 4 aliphatic heterocycles. The normalized spacial score (nSPS) is 45.8. The van der Waals surface area contributed by atoms with Crippen molar-refractivity contribution in [1.29, 1.82) is 0 Å². The van der Waals surface area contributed by atoms with Gasteiger partial charge < -0.3 is 19.3 Å². The Morgan fingerprint density at radius 1 is 1.25 bits per heavy atom. The van der Waals surface area contributed by atoms with Crippen molar-refractivity contribution in [2.45, 2.75) is 36.6 Å². The summed E-state index contributed by atoms with van der Waals surface area (Å²) >= 11 is 0. The molecule has 1 aromatic rings. The third-order valence-corrected chi connectivity index (χ3v) is 4.80. The number of carbonyl (C=O) groups is 1. The van der Waals surface area contributed by atoms with Crippen LogP contribution in [-0.2, 0) is 20.0 Å². The second kappa shape index (κ2) is 3.14. The predicted octanol–water partition coefficient (Wildman–Crippen LogP) is 1.78. The molecule has 4 saturated heterocycles. The van der Waals surface area contributed by atoms with Gasteiger partial charge in [-0.25, -0.2) is 0 Å². The molecule has 0 amide bonds. The fourth-order valence-electron chi connectivity index (χ4n) is 4.11. The summed E-state index contributed by atoms with van der Waals surface area (Å²) in [5, 5.41) is 9.60. The van der Waals surface area contributed by atoms with E-state index < -0.39 is 11.4 Å². The van der Waals surface area contributed by atoms with E-state index in [1.54, 1.807) is 12.1 Å². The van der Waals surface area contributed by atoms with Gasteiger partial charge in [0.15, 0.2) is 17.7 Å². The van der Waals surface area contributed by atoms with Crippen LogP contribution in [0.15, 0.2) is 36.1 Å². The number of hydrogen-bond acceptors (Lipinski definition) is 5. The molecule has 1 aliphatic carbocycles. The Labute approximate surface area is 114 Å². The van der Waals surface area contributed by atoms with Crippen molar-refractivity contribution in [2.24, 2.45) is 0 Å². The van der Waals surface area contributed by atoms with Crippen molar-refractivity contribution in [1.82, 2.24) is 0 Å². The standard InChI is InChI=1S/C15H12O5/c16-7-11-13(17)9-3-1-2-4-10(9)15-14(11)6-8(18-15)5-12(19-14)20-15/h1-4,7-8,12,16H,5-6H2/b11-7+/t8-,12+,14-,15?/m0/s1. The third kappa shape index (κ3) is 0.924. The number of hydrogen-bond donors (Lipinski definition) is 1. The molecule has 4 heterocycles. The van der Waals surface area contributed by atoms with E-state index in [0.717, 1.165) is 6.26 Å². The maximum Gasteiger partial charge on any atom is 0.233 e. The van der Waals surface area contributed by atoms with Crippen molar-refractivity contribution < 1.29 is 24.1 Å². The SMILES string of the molecule is O=C1/C(=C\O)[C@@]23C[C@@H]4C[C@@H](OC2(O4)c2ccccc21)O3. The van der Waals surface area contributed by atoms with Gasteiger partial charge in [-0.2, -0.15) is 0 Å². The summed E-state index contributed by atoms with van der Waals surface area (Å²) in [4.78, 5) is 12.6. The molecule has 0 radical (unpaired) electrons. The number of ether oxygens (including phenoxy) is 3. The van der Waals surface area contributed by atoms with Crippen molar-refractivity contribution in [2.75, 3.05) is 0 Å². The highest BCUT2D eigenvalue weighted by Gasteiger charge is 2.77. The number of aliphatic hydroxyl groups is 1. The fourth-order valence-corrected chi connectivity index (χ4v) is 4.11. The van der Waals surface area contributed by atoms with Crippen LogP contribution in [0.4, 0.5) is 0 Å². The molecular weight excluding hydrogens is 260 g/mol. The molecule has 5 heteroatoms. The Balaban J connectivity index is 1.89. The number of Topliss-reactive ketones (excluding diaryl/α,β-unsaturated/α-hetero) is 1. The Bertz CT molecular complexity index is 663. The van der Waals surface area contributed by atoms with Crippen LogP contribution in [-0.4, -0.2) is 28.9 Å². The molecule has 6 rings (SSSR count). The first-order valence-electron chi connectivity index (χ1n) is 6.73. The van der Waals surface area contributed by atoms with Gasteiger partial charge in [0.25, 0.3) is 0 Å². The highest BCUT2D eigenvalue weighted by atomic mass is 16.9. The van der Waals surface area contributed by atoms with Crippen molar-refractivity contribution >= 4 is 5.78 Å². The Hall–Kier alpha value is -1.69. The van der Waals surface area contributed by atoms with Gasteiger partial charge in [0, 0.05) is 24.0 Å². The molecular formula is C15H12O5. The van der Waals surface area contributed by atoms with E-state index in [2.05, 4.69) is 0 Å². The molecule has 5 nitrogen and oxygen atoms in total. The monoisotopic (exact) mass is 272 g/mol. The number of fused-ring (bicyclic) bond motifs is 1. The first-order chi connectivity index (χ1) is 9.70. The van der Waals surface area contributed by atoms with E-state index in [9.17, 15) is 9.90 Å². The summed E-state index contributed by atoms with van der Waals surface area (Å²) < 4.78 is 18.0. The summed E-state index contributed by atoms with van der Waals surface area (Å²) in [5.41, 5.74) is 0.456. The Morgan fingerprint density at radius 3 is 2.90 bits per heavy atom. The van der Waals surface area contributed by atoms with Crippen molar-refractivity contribution in [3.05, 3.63) is 47.2 Å². The van der Waals surface area contributed by atoms with Crippen molar-refractivity contribution in [3.8, 4) is 0 Å². The Kier molecular flexibility index (Phi) is 1.73. The maximum atomic E-state index is 12.6. The zero-order valence-corrected chi connectivity index (χ0v) is 10.5. The van der Waals surface area contributed by atoms with Crippen LogP contribution in [0, 0.1) is 0 Å². The van der Waals surface area contributed by atoms with Crippen molar-refractivity contribution in [3.63, 3.8) is 0 Å². The van der Waals surface area contributed by atoms with Crippen LogP contribution in [0.3, 0.4) is 0 Å². The molecule has 0 saturated carbocycles. The van der Waals surface area contributed by atoms with Crippen LogP contribution in [0.25, 0.3) is 0 Å². The minimum Gasteiger partial charge on any atom is -0.515 e. The van der Waals surface area contributed by atoms with Crippen LogP contribution in [0.5, 0.6) is 0 Å². The van der Waals surface area contributed by atoms with E-state index in [0.29, 0.717) is 24.0 Å². The van der Waals surface area contributed by atoms with Gasteiger partial charge in [0.1, 0.15) is 0 Å². The number of carbonyl (C=O) groups excluding carboxylic acids is 1. The molecule has 1 unspecified atom stereocenters. The zero-order chi connectivity index (χ0) is 13.5. The minimum atomic E-state index is -1.08. The number of benzene rings is 1. The molecule has 4 bridgehead atoms. The van der Waals surface area contributed by atoms with Crippen LogP contribution >= 0.6 is 0 Å². The first kappa shape index (κ1) is 11.0. The quantitative estimate of drug-likeness (QED) is 0.576. The second-order valence-electron chi connectivity index (χ2n) is 5.71. The highest BCUT2D eigenvalue weighted by molar-refractivity contribution is 6.13. The van der Waals surface area contributed by atoms with E-state index >= 15 is 0 Å². The third-order valence-electron chi connectivity index (χ3n) is 4.80. The summed E-state index contributed by atoms with van der Waals surface area (Å²) in [7, 11) is 0. The van der Waals surface area contributed by atoms with Gasteiger partial charge in [-0.05, 0) is 0 Å². The zero-order valence-electron chi connectivity index (χ0n) is 10.5. The van der Waals surface area contributed by atoms with Crippen LogP contribution in [0.2, 0.25) is 0 Å². The second-order valence-corrected chi connectivity index (χ2v) is 5.71. The summed E-state index contributed by atoms with van der Waals surface area (Å²) in [6.07, 6.45) is 1.68. The van der Waals surface area contributed by atoms with E-state index in [1.165, 1.54) is 0 Å². The van der Waals surface area contributed by atoms with Gasteiger partial charge in [-0.1, -0.05) is 24.3 Å². The number of rotatable bonds is 0. The minimum absolute atomic E-state index is 0.00333. The van der Waals surface area contributed by atoms with Crippen LogP contribution < -0.4 is 0 Å². The van der Waals surface area contributed by atoms with Gasteiger partial charge in [-0.15, -0.1) is 0 Å². The fraction of sp³-hybridized carbons (Fsp3) is 0.400. The molecule has 102 valence electrons. The topological polar surface area (TPSA) is 65.0 Å². The lowest BCUT2D eigenvalue weighted by Crippen LogP contribution is -2.53. The smallest absolute Gasteiger partial charge is 0.233 e. The lowest BCUT2D eigenvalue weighted by molar-refractivity contribution is -0.282. The first-order valence-corrected chi connectivity index (χ1v) is 6.73.